The van der Waals surface area contributed by atoms with Crippen LogP contribution in [0.15, 0.2) is 69.0 Å². The van der Waals surface area contributed by atoms with E-state index in [0.717, 1.165) is 44.9 Å². The van der Waals surface area contributed by atoms with Crippen molar-refractivity contribution in [3.8, 4) is 11.5 Å². The van der Waals surface area contributed by atoms with Crippen LogP contribution in [0.2, 0.25) is 0 Å². The Labute approximate surface area is 253 Å². The molecule has 1 N–H and O–H groups in total. The molecule has 206 valence electrons. The van der Waals surface area contributed by atoms with Gasteiger partial charge in [0.25, 0.3) is 5.56 Å². The summed E-state index contributed by atoms with van der Waals surface area (Å²) in [6, 6.07) is 15.8. The van der Waals surface area contributed by atoms with Gasteiger partial charge in [-0.2, -0.15) is 9.78 Å². The number of rotatable bonds is 8. The van der Waals surface area contributed by atoms with E-state index in [1.165, 1.54) is 11.1 Å². The van der Waals surface area contributed by atoms with Crippen molar-refractivity contribution in [3.63, 3.8) is 0 Å². The average Bonchev–Trinajstić information content (AvgIpc) is 2.96. The van der Waals surface area contributed by atoms with Gasteiger partial charge in [0.1, 0.15) is 12.4 Å². The largest absolute Gasteiger partial charge is 0.493 e. The number of ether oxygens (including phenoxy) is 2. The molecule has 0 bridgehead atoms. The molecule has 0 atom stereocenters. The summed E-state index contributed by atoms with van der Waals surface area (Å²) >= 11 is 5.64. The van der Waals surface area contributed by atoms with Crippen LogP contribution in [0.5, 0.6) is 11.5 Å². The standard InChI is InChI=1S/C30H27BrIN3O5/c1-39-26-14-19(13-24(32)27(26)40-17-18-7-9-21(10-8-18)30(37)38)16-33-35-28(20-5-3-2-4-6-20)34-25-12-11-22(31)15-23(25)29(35)36/h7-16,20H,2-6,17H2,1H3,(H,37,38). The third kappa shape index (κ3) is 6.22. The van der Waals surface area contributed by atoms with Crippen LogP contribution in [0, 0.1) is 3.57 Å². The van der Waals surface area contributed by atoms with Crippen LogP contribution >= 0.6 is 38.5 Å². The van der Waals surface area contributed by atoms with Crippen LogP contribution in [-0.4, -0.2) is 34.1 Å². The Hall–Kier alpha value is -3.25. The van der Waals surface area contributed by atoms with Gasteiger partial charge in [-0.1, -0.05) is 47.3 Å². The van der Waals surface area contributed by atoms with Gasteiger partial charge in [0, 0.05) is 10.4 Å². The quantitative estimate of drug-likeness (QED) is 0.156. The summed E-state index contributed by atoms with van der Waals surface area (Å²) in [5, 5.41) is 14.3. The van der Waals surface area contributed by atoms with Crippen molar-refractivity contribution >= 4 is 61.6 Å². The van der Waals surface area contributed by atoms with Gasteiger partial charge in [-0.15, -0.1) is 0 Å². The lowest BCUT2D eigenvalue weighted by atomic mass is 9.88. The Morgan fingerprint density at radius 3 is 2.60 bits per heavy atom. The van der Waals surface area contributed by atoms with Crippen LogP contribution in [0.3, 0.4) is 0 Å². The topological polar surface area (TPSA) is 103 Å². The Morgan fingerprint density at radius 1 is 1.15 bits per heavy atom. The minimum atomic E-state index is -0.971. The first kappa shape index (κ1) is 28.3. The van der Waals surface area contributed by atoms with E-state index in [9.17, 15) is 9.59 Å². The Morgan fingerprint density at radius 2 is 1.90 bits per heavy atom. The van der Waals surface area contributed by atoms with Crippen molar-refractivity contribution < 1.29 is 19.4 Å². The van der Waals surface area contributed by atoms with Gasteiger partial charge in [-0.25, -0.2) is 9.78 Å². The summed E-state index contributed by atoms with van der Waals surface area (Å²) in [7, 11) is 1.57. The lowest BCUT2D eigenvalue weighted by Crippen LogP contribution is -2.25. The third-order valence-electron chi connectivity index (χ3n) is 6.96. The first-order chi connectivity index (χ1) is 19.3. The molecule has 4 aromatic rings. The van der Waals surface area contributed by atoms with Crippen LogP contribution in [0.1, 0.15) is 65.3 Å². The maximum absolute atomic E-state index is 13.6. The highest BCUT2D eigenvalue weighted by Gasteiger charge is 2.22. The normalized spacial score (nSPS) is 14.1. The molecular formula is C30H27BrIN3O5. The van der Waals surface area contributed by atoms with E-state index in [1.807, 2.05) is 24.3 Å². The molecule has 1 aromatic heterocycles. The zero-order valence-corrected chi connectivity index (χ0v) is 25.5. The van der Waals surface area contributed by atoms with E-state index in [2.05, 4.69) is 43.6 Å². The van der Waals surface area contributed by atoms with E-state index in [0.29, 0.717) is 28.2 Å². The Bertz CT molecular complexity index is 1650. The summed E-state index contributed by atoms with van der Waals surface area (Å²) in [5.41, 5.74) is 2.28. The molecule has 0 saturated heterocycles. The van der Waals surface area contributed by atoms with Crippen molar-refractivity contribution in [3.05, 3.63) is 95.5 Å². The number of carboxylic acid groups (broad SMARTS) is 1. The average molecular weight is 716 g/mol. The predicted molar refractivity (Wildman–Crippen MR) is 166 cm³/mol. The number of methoxy groups -OCH3 is 1. The molecular weight excluding hydrogens is 689 g/mol. The van der Waals surface area contributed by atoms with Crippen LogP contribution < -0.4 is 15.0 Å². The van der Waals surface area contributed by atoms with Gasteiger partial charge in [-0.3, -0.25) is 4.79 Å². The summed E-state index contributed by atoms with van der Waals surface area (Å²) in [5.74, 6) is 1.00. The molecule has 0 unspecified atom stereocenters. The minimum absolute atomic E-state index is 0.182. The maximum Gasteiger partial charge on any atom is 0.335 e. The van der Waals surface area contributed by atoms with Crippen LogP contribution in [-0.2, 0) is 6.61 Å². The second-order valence-corrected chi connectivity index (χ2v) is 11.7. The highest BCUT2D eigenvalue weighted by atomic mass is 127. The van der Waals surface area contributed by atoms with E-state index >= 15 is 0 Å². The van der Waals surface area contributed by atoms with Gasteiger partial charge >= 0.3 is 5.97 Å². The molecule has 1 saturated carbocycles. The lowest BCUT2D eigenvalue weighted by Gasteiger charge is -2.22. The van der Waals surface area contributed by atoms with E-state index < -0.39 is 5.97 Å². The molecule has 1 aliphatic rings. The first-order valence-electron chi connectivity index (χ1n) is 12.9. The van der Waals surface area contributed by atoms with Crippen molar-refractivity contribution in [2.45, 2.75) is 44.6 Å². The number of benzene rings is 3. The predicted octanol–water partition coefficient (Wildman–Crippen LogP) is 6.98. The monoisotopic (exact) mass is 715 g/mol. The van der Waals surface area contributed by atoms with Crippen LogP contribution in [0.25, 0.3) is 10.9 Å². The molecule has 1 aliphatic carbocycles. The van der Waals surface area contributed by atoms with Crippen molar-refractivity contribution in [2.24, 2.45) is 5.10 Å². The Kier molecular flexibility index (Phi) is 8.84. The van der Waals surface area contributed by atoms with Crippen molar-refractivity contribution in [1.82, 2.24) is 9.66 Å². The highest BCUT2D eigenvalue weighted by Crippen LogP contribution is 2.35. The molecule has 1 fully saturated rings. The molecule has 40 heavy (non-hydrogen) atoms. The maximum atomic E-state index is 13.6. The van der Waals surface area contributed by atoms with Crippen LogP contribution in [0.4, 0.5) is 0 Å². The molecule has 0 aliphatic heterocycles. The number of carbonyl (C=O) groups is 1. The molecule has 0 spiro atoms. The van der Waals surface area contributed by atoms with Gasteiger partial charge in [0.2, 0.25) is 0 Å². The second-order valence-electron chi connectivity index (χ2n) is 9.65. The number of fused-ring (bicyclic) bond motifs is 1. The summed E-state index contributed by atoms with van der Waals surface area (Å²) in [6.45, 7) is 0.248. The third-order valence-corrected chi connectivity index (χ3v) is 8.26. The molecule has 8 nitrogen and oxygen atoms in total. The van der Waals surface area contributed by atoms with Gasteiger partial charge < -0.3 is 14.6 Å². The molecule has 0 radical (unpaired) electrons. The number of hydrogen-bond acceptors (Lipinski definition) is 6. The summed E-state index contributed by atoms with van der Waals surface area (Å²) in [4.78, 5) is 29.6. The molecule has 0 amide bonds. The fourth-order valence-electron chi connectivity index (χ4n) is 4.88. The second kappa shape index (κ2) is 12.5. The summed E-state index contributed by atoms with van der Waals surface area (Å²) < 4.78 is 14.7. The highest BCUT2D eigenvalue weighted by molar-refractivity contribution is 14.1. The van der Waals surface area contributed by atoms with E-state index in [4.69, 9.17) is 19.6 Å². The smallest absolute Gasteiger partial charge is 0.335 e. The van der Waals surface area contributed by atoms with Crippen molar-refractivity contribution in [1.29, 1.82) is 0 Å². The van der Waals surface area contributed by atoms with Gasteiger partial charge in [0.15, 0.2) is 11.5 Å². The molecule has 3 aromatic carbocycles. The number of aromatic nitrogens is 2. The fourth-order valence-corrected chi connectivity index (χ4v) is 6.02. The Balaban J connectivity index is 1.46. The van der Waals surface area contributed by atoms with Gasteiger partial charge in [-0.05, 0) is 89.0 Å². The first-order valence-corrected chi connectivity index (χ1v) is 14.8. The van der Waals surface area contributed by atoms with Gasteiger partial charge in [0.05, 0.1) is 33.4 Å². The summed E-state index contributed by atoms with van der Waals surface area (Å²) in [6.07, 6.45) is 7.05. The SMILES string of the molecule is COc1cc(C=Nn2c(C3CCCCC3)nc3ccc(Br)cc3c2=O)cc(I)c1OCc1ccc(C(=O)O)cc1. The van der Waals surface area contributed by atoms with E-state index in [1.54, 1.807) is 43.7 Å². The molecule has 1 heterocycles. The molecule has 10 heteroatoms. The zero-order chi connectivity index (χ0) is 28.2. The number of halogens is 2. The zero-order valence-electron chi connectivity index (χ0n) is 21.8. The number of carboxylic acids is 1. The van der Waals surface area contributed by atoms with Crippen molar-refractivity contribution in [2.75, 3.05) is 7.11 Å². The number of hydrogen-bond donors (Lipinski definition) is 1. The fraction of sp³-hybridized carbons (Fsp3) is 0.267. The lowest BCUT2D eigenvalue weighted by molar-refractivity contribution is 0.0697. The number of nitrogens with zero attached hydrogens (tertiary/aromatic N) is 3. The van der Waals surface area contributed by atoms with E-state index in [-0.39, 0.29) is 23.6 Å². The number of aromatic carboxylic acids is 1. The molecule has 5 rings (SSSR count). The minimum Gasteiger partial charge on any atom is -0.493 e.